The van der Waals surface area contributed by atoms with Crippen LogP contribution in [-0.2, 0) is 16.4 Å². The molecule has 1 heterocycles. The van der Waals surface area contributed by atoms with Gasteiger partial charge in [0.05, 0.1) is 4.90 Å². The molecular weight excluding hydrogens is 296 g/mol. The molecule has 1 aliphatic heterocycles. The molecule has 0 amide bonds. The van der Waals surface area contributed by atoms with E-state index in [0.717, 1.165) is 31.4 Å². The first-order valence-electron chi connectivity index (χ1n) is 6.87. The second-order valence-corrected chi connectivity index (χ2v) is 6.82. The number of nitrogens with one attached hydrogen (secondary N) is 2. The van der Waals surface area contributed by atoms with Crippen molar-refractivity contribution in [3.05, 3.63) is 29.8 Å². The van der Waals surface area contributed by atoms with Gasteiger partial charge in [-0.05, 0) is 50.4 Å². The van der Waals surface area contributed by atoms with Gasteiger partial charge in [-0.1, -0.05) is 19.1 Å². The van der Waals surface area contributed by atoms with Crippen molar-refractivity contribution >= 4 is 22.4 Å². The first-order valence-corrected chi connectivity index (χ1v) is 8.36. The van der Waals surface area contributed by atoms with Crippen molar-refractivity contribution in [3.63, 3.8) is 0 Å². The van der Waals surface area contributed by atoms with Crippen LogP contribution in [0.25, 0.3) is 0 Å². The van der Waals surface area contributed by atoms with E-state index in [1.807, 2.05) is 19.1 Å². The number of sulfonamides is 1. The van der Waals surface area contributed by atoms with Crippen LogP contribution in [0.2, 0.25) is 0 Å². The van der Waals surface area contributed by atoms with Gasteiger partial charge < -0.3 is 5.32 Å². The van der Waals surface area contributed by atoms with Crippen LogP contribution in [0.15, 0.2) is 29.2 Å². The quantitative estimate of drug-likeness (QED) is 0.893. The summed E-state index contributed by atoms with van der Waals surface area (Å²) in [7, 11) is -3.41. The van der Waals surface area contributed by atoms with Crippen molar-refractivity contribution in [2.75, 3.05) is 6.54 Å². The Morgan fingerprint density at radius 3 is 2.50 bits per heavy atom. The maximum atomic E-state index is 12.3. The number of benzene rings is 1. The minimum absolute atomic E-state index is 0. The highest BCUT2D eigenvalue weighted by atomic mass is 35.5. The van der Waals surface area contributed by atoms with Gasteiger partial charge in [-0.2, -0.15) is 0 Å². The third-order valence-electron chi connectivity index (χ3n) is 3.71. The summed E-state index contributed by atoms with van der Waals surface area (Å²) in [5.41, 5.74) is 1.15. The SMILES string of the molecule is CCc1ccc(S(=O)(=O)NC2CCCNC2C)cc1.Cl. The Bertz CT molecular complexity index is 516. The summed E-state index contributed by atoms with van der Waals surface area (Å²) in [4.78, 5) is 0.350. The molecule has 2 N–H and O–H groups in total. The molecule has 1 aromatic carbocycles. The largest absolute Gasteiger partial charge is 0.313 e. The third kappa shape index (κ3) is 4.19. The summed E-state index contributed by atoms with van der Waals surface area (Å²) in [6, 6.07) is 7.27. The van der Waals surface area contributed by atoms with Crippen LogP contribution in [0.5, 0.6) is 0 Å². The molecule has 2 rings (SSSR count). The summed E-state index contributed by atoms with van der Waals surface area (Å²) in [6.07, 6.45) is 2.81. The van der Waals surface area contributed by atoms with E-state index in [1.54, 1.807) is 12.1 Å². The minimum Gasteiger partial charge on any atom is -0.313 e. The Kier molecular flexibility index (Phi) is 6.45. The molecule has 4 nitrogen and oxygen atoms in total. The zero-order chi connectivity index (χ0) is 13.9. The van der Waals surface area contributed by atoms with E-state index in [9.17, 15) is 8.42 Å². The number of halogens is 1. The van der Waals surface area contributed by atoms with E-state index >= 15 is 0 Å². The molecule has 0 spiro atoms. The maximum Gasteiger partial charge on any atom is 0.240 e. The summed E-state index contributed by atoms with van der Waals surface area (Å²) < 4.78 is 27.4. The van der Waals surface area contributed by atoms with Gasteiger partial charge in [0.2, 0.25) is 10.0 Å². The first-order chi connectivity index (χ1) is 9.03. The van der Waals surface area contributed by atoms with Crippen molar-refractivity contribution in [3.8, 4) is 0 Å². The fraction of sp³-hybridized carbons (Fsp3) is 0.571. The zero-order valence-electron chi connectivity index (χ0n) is 11.9. The van der Waals surface area contributed by atoms with E-state index in [1.165, 1.54) is 0 Å². The number of hydrogen-bond acceptors (Lipinski definition) is 3. The molecule has 20 heavy (non-hydrogen) atoms. The monoisotopic (exact) mass is 318 g/mol. The van der Waals surface area contributed by atoms with Gasteiger partial charge in [0.15, 0.2) is 0 Å². The lowest BCUT2D eigenvalue weighted by molar-refractivity contribution is 0.349. The molecule has 1 aromatic rings. The van der Waals surface area contributed by atoms with Gasteiger partial charge in [0, 0.05) is 12.1 Å². The molecule has 2 unspecified atom stereocenters. The van der Waals surface area contributed by atoms with Crippen LogP contribution in [0.1, 0.15) is 32.3 Å². The van der Waals surface area contributed by atoms with E-state index in [4.69, 9.17) is 0 Å². The molecule has 1 aliphatic rings. The van der Waals surface area contributed by atoms with Crippen LogP contribution in [0.3, 0.4) is 0 Å². The molecule has 0 radical (unpaired) electrons. The van der Waals surface area contributed by atoms with E-state index in [-0.39, 0.29) is 24.5 Å². The molecule has 1 saturated heterocycles. The van der Waals surface area contributed by atoms with Gasteiger partial charge in [-0.25, -0.2) is 13.1 Å². The number of piperidine rings is 1. The van der Waals surface area contributed by atoms with Crippen LogP contribution >= 0.6 is 12.4 Å². The molecule has 1 fully saturated rings. The topological polar surface area (TPSA) is 58.2 Å². The summed E-state index contributed by atoms with van der Waals surface area (Å²) >= 11 is 0. The Morgan fingerprint density at radius 1 is 1.30 bits per heavy atom. The number of rotatable bonds is 4. The van der Waals surface area contributed by atoms with Crippen LogP contribution in [-0.4, -0.2) is 27.0 Å². The Hall–Kier alpha value is -0.620. The Morgan fingerprint density at radius 2 is 1.95 bits per heavy atom. The summed E-state index contributed by atoms with van der Waals surface area (Å²) in [5.74, 6) is 0. The molecule has 0 bridgehead atoms. The highest BCUT2D eigenvalue weighted by molar-refractivity contribution is 7.89. The van der Waals surface area contributed by atoms with Crippen molar-refractivity contribution in [1.82, 2.24) is 10.0 Å². The van der Waals surface area contributed by atoms with Crippen molar-refractivity contribution in [2.24, 2.45) is 0 Å². The average Bonchev–Trinajstić information content (AvgIpc) is 2.41. The summed E-state index contributed by atoms with van der Waals surface area (Å²) in [5, 5.41) is 3.30. The van der Waals surface area contributed by atoms with Gasteiger partial charge in [-0.15, -0.1) is 12.4 Å². The molecule has 6 heteroatoms. The number of hydrogen-bond donors (Lipinski definition) is 2. The fourth-order valence-corrected chi connectivity index (χ4v) is 3.73. The van der Waals surface area contributed by atoms with Crippen LogP contribution < -0.4 is 10.0 Å². The van der Waals surface area contributed by atoms with Gasteiger partial charge in [-0.3, -0.25) is 0 Å². The standard InChI is InChI=1S/C14H22N2O2S.ClH/c1-3-12-6-8-13(9-7-12)19(17,18)16-14-5-4-10-15-11(14)2;/h6-9,11,14-16H,3-5,10H2,1-2H3;1H. The van der Waals surface area contributed by atoms with Gasteiger partial charge in [0.1, 0.15) is 0 Å². The lowest BCUT2D eigenvalue weighted by Gasteiger charge is -2.30. The lowest BCUT2D eigenvalue weighted by atomic mass is 10.0. The average molecular weight is 319 g/mol. The number of aryl methyl sites for hydroxylation is 1. The van der Waals surface area contributed by atoms with Crippen molar-refractivity contribution < 1.29 is 8.42 Å². The second kappa shape index (κ2) is 7.41. The molecular formula is C14H23ClN2O2S. The molecule has 0 aromatic heterocycles. The highest BCUT2D eigenvalue weighted by Crippen LogP contribution is 2.15. The van der Waals surface area contributed by atoms with Gasteiger partial charge in [0.25, 0.3) is 0 Å². The van der Waals surface area contributed by atoms with Crippen LogP contribution in [0.4, 0.5) is 0 Å². The predicted molar refractivity (Wildman–Crippen MR) is 83.9 cm³/mol. The first kappa shape index (κ1) is 17.4. The summed E-state index contributed by atoms with van der Waals surface area (Å²) in [6.45, 7) is 5.04. The Labute approximate surface area is 127 Å². The second-order valence-electron chi connectivity index (χ2n) is 5.11. The molecule has 2 atom stereocenters. The van der Waals surface area contributed by atoms with E-state index in [0.29, 0.717) is 4.90 Å². The third-order valence-corrected chi connectivity index (χ3v) is 5.22. The van der Waals surface area contributed by atoms with E-state index in [2.05, 4.69) is 17.0 Å². The molecule has 114 valence electrons. The fourth-order valence-electron chi connectivity index (χ4n) is 2.38. The molecule has 0 saturated carbocycles. The lowest BCUT2D eigenvalue weighted by Crippen LogP contribution is -2.51. The maximum absolute atomic E-state index is 12.3. The van der Waals surface area contributed by atoms with Crippen molar-refractivity contribution in [2.45, 2.75) is 50.1 Å². The van der Waals surface area contributed by atoms with Crippen LogP contribution in [0, 0.1) is 0 Å². The normalized spacial score (nSPS) is 23.1. The van der Waals surface area contributed by atoms with Crippen molar-refractivity contribution in [1.29, 1.82) is 0 Å². The van der Waals surface area contributed by atoms with Gasteiger partial charge >= 0.3 is 0 Å². The minimum atomic E-state index is -3.41. The smallest absolute Gasteiger partial charge is 0.240 e. The molecule has 0 aliphatic carbocycles. The zero-order valence-corrected chi connectivity index (χ0v) is 13.6. The highest BCUT2D eigenvalue weighted by Gasteiger charge is 2.26. The Balaban J connectivity index is 0.00000200. The van der Waals surface area contributed by atoms with E-state index < -0.39 is 10.0 Å². The predicted octanol–water partition coefficient (Wildman–Crippen LogP) is 2.09.